The summed E-state index contributed by atoms with van der Waals surface area (Å²) in [7, 11) is 0. The Kier molecular flexibility index (Phi) is 3.05. The molecule has 1 aromatic carbocycles. The summed E-state index contributed by atoms with van der Waals surface area (Å²) in [5.41, 5.74) is 1.05. The molecular formula is C12H9FeO2-. The van der Waals surface area contributed by atoms with Gasteiger partial charge in [0.1, 0.15) is 0 Å². The van der Waals surface area contributed by atoms with Crippen LogP contribution in [0.5, 0.6) is 5.75 Å². The van der Waals surface area contributed by atoms with Crippen molar-refractivity contribution in [1.82, 2.24) is 0 Å². The van der Waals surface area contributed by atoms with Gasteiger partial charge in [-0.2, -0.15) is 0 Å². The predicted molar refractivity (Wildman–Crippen MR) is 53.4 cm³/mol. The van der Waals surface area contributed by atoms with Crippen molar-refractivity contribution < 1.29 is 23.0 Å². The van der Waals surface area contributed by atoms with Gasteiger partial charge in [0.2, 0.25) is 0 Å². The zero-order valence-electron chi connectivity index (χ0n) is 7.92. The molecule has 78 valence electrons. The molecule has 0 amide bonds. The summed E-state index contributed by atoms with van der Waals surface area (Å²) >= 11 is -0.256. The van der Waals surface area contributed by atoms with E-state index in [1.165, 1.54) is 6.08 Å². The average molecular weight is 241 g/mol. The number of allylic oxidation sites excluding steroid dienone is 3. The summed E-state index contributed by atoms with van der Waals surface area (Å²) < 4.78 is 17.3. The van der Waals surface area contributed by atoms with E-state index in [0.717, 1.165) is 15.7 Å². The summed E-state index contributed by atoms with van der Waals surface area (Å²) in [6.45, 7) is 5.30. The SMILES string of the molecule is [CH-]=C/C=C1/Oc2ccccc2C[C]1=[Fe]=[O]. The Hall–Kier alpha value is -1.31. The number of benzene rings is 1. The Bertz CT molecular complexity index is 482. The molecule has 0 N–H and O–H groups in total. The molecule has 2 nitrogen and oxygen atoms in total. The molecule has 1 aliphatic heterocycles. The fraction of sp³-hybridized carbons (Fsp3) is 0.0833. The molecule has 2 rings (SSSR count). The van der Waals surface area contributed by atoms with Crippen LogP contribution in [0, 0.1) is 6.58 Å². The van der Waals surface area contributed by atoms with Gasteiger partial charge in [-0.3, -0.25) is 0 Å². The van der Waals surface area contributed by atoms with E-state index in [1.807, 2.05) is 24.3 Å². The van der Waals surface area contributed by atoms with Crippen LogP contribution in [0.3, 0.4) is 0 Å². The van der Waals surface area contributed by atoms with E-state index >= 15 is 0 Å². The second-order valence-electron chi connectivity index (χ2n) is 3.07. The van der Waals surface area contributed by atoms with Gasteiger partial charge in [-0.15, -0.1) is 0 Å². The molecule has 1 heterocycles. The average Bonchev–Trinajstić information content (AvgIpc) is 2.28. The Labute approximate surface area is 94.2 Å². The molecule has 0 radical (unpaired) electrons. The third-order valence-corrected chi connectivity index (χ3v) is 2.87. The van der Waals surface area contributed by atoms with E-state index in [9.17, 15) is 3.83 Å². The monoisotopic (exact) mass is 241 g/mol. The van der Waals surface area contributed by atoms with Gasteiger partial charge in [0.15, 0.2) is 0 Å². The molecule has 3 heteroatoms. The van der Waals surface area contributed by atoms with Crippen LogP contribution in [0.2, 0.25) is 0 Å². The second-order valence-corrected chi connectivity index (χ2v) is 3.96. The van der Waals surface area contributed by atoms with Crippen LogP contribution in [0.4, 0.5) is 0 Å². The molecular weight excluding hydrogens is 232 g/mol. The van der Waals surface area contributed by atoms with Crippen molar-refractivity contribution in [3.8, 4) is 5.75 Å². The van der Waals surface area contributed by atoms with Crippen molar-refractivity contribution in [2.24, 2.45) is 0 Å². The number of ether oxygens (including phenoxy) is 1. The molecule has 1 aliphatic rings. The van der Waals surface area contributed by atoms with Crippen LogP contribution in [0.25, 0.3) is 0 Å². The minimum absolute atomic E-state index is 0.256. The predicted octanol–water partition coefficient (Wildman–Crippen LogP) is 2.09. The third-order valence-electron chi connectivity index (χ3n) is 2.13. The van der Waals surface area contributed by atoms with Gasteiger partial charge in [0, 0.05) is 0 Å². The second kappa shape index (κ2) is 4.47. The van der Waals surface area contributed by atoms with E-state index < -0.39 is 0 Å². The van der Waals surface area contributed by atoms with Gasteiger partial charge in [-0.1, -0.05) is 0 Å². The zero-order valence-corrected chi connectivity index (χ0v) is 9.02. The molecule has 1 aromatic rings. The van der Waals surface area contributed by atoms with Gasteiger partial charge in [-0.25, -0.2) is 0 Å². The van der Waals surface area contributed by atoms with Crippen molar-refractivity contribution in [3.05, 3.63) is 54.3 Å². The summed E-state index contributed by atoms with van der Waals surface area (Å²) in [4.78, 5) is 0. The third kappa shape index (κ3) is 2.04. The van der Waals surface area contributed by atoms with Gasteiger partial charge in [-0.05, 0) is 0 Å². The molecule has 0 spiro atoms. The quantitative estimate of drug-likeness (QED) is 0.555. The van der Waals surface area contributed by atoms with E-state index in [4.69, 9.17) is 11.3 Å². The Morgan fingerprint density at radius 2 is 2.20 bits per heavy atom. The van der Waals surface area contributed by atoms with Gasteiger partial charge < -0.3 is 0 Å². The number of para-hydroxylation sites is 1. The van der Waals surface area contributed by atoms with Gasteiger partial charge >= 0.3 is 93.9 Å². The summed E-state index contributed by atoms with van der Waals surface area (Å²) in [6, 6.07) is 7.70. The molecule has 0 saturated carbocycles. The molecule has 15 heavy (non-hydrogen) atoms. The molecule has 0 unspecified atom stereocenters. The number of rotatable bonds is 1. The van der Waals surface area contributed by atoms with Crippen LogP contribution in [0.1, 0.15) is 5.56 Å². The number of hydrogen-bond donors (Lipinski definition) is 0. The van der Waals surface area contributed by atoms with Crippen molar-refractivity contribution in [2.75, 3.05) is 0 Å². The first-order chi connectivity index (χ1) is 7.35. The molecule has 0 aliphatic carbocycles. The van der Waals surface area contributed by atoms with Crippen LogP contribution in [-0.4, -0.2) is 4.42 Å². The summed E-state index contributed by atoms with van der Waals surface area (Å²) in [5, 5.41) is 0. The number of fused-ring (bicyclic) bond motifs is 1. The topological polar surface area (TPSA) is 26.3 Å². The molecule has 0 saturated heterocycles. The first-order valence-corrected chi connectivity index (χ1v) is 5.47. The Morgan fingerprint density at radius 3 is 2.93 bits per heavy atom. The van der Waals surface area contributed by atoms with Gasteiger partial charge in [0.05, 0.1) is 0 Å². The van der Waals surface area contributed by atoms with Crippen LogP contribution in [0.15, 0.2) is 42.2 Å². The van der Waals surface area contributed by atoms with Crippen LogP contribution >= 0.6 is 0 Å². The first kappa shape index (κ1) is 10.2. The Balaban J connectivity index is 2.48. The van der Waals surface area contributed by atoms with Crippen molar-refractivity contribution in [3.63, 3.8) is 0 Å². The Morgan fingerprint density at radius 1 is 1.40 bits per heavy atom. The molecule has 0 aromatic heterocycles. The van der Waals surface area contributed by atoms with Crippen molar-refractivity contribution in [2.45, 2.75) is 6.42 Å². The van der Waals surface area contributed by atoms with E-state index in [0.29, 0.717) is 12.2 Å². The first-order valence-electron chi connectivity index (χ1n) is 4.47. The minimum atomic E-state index is -0.256. The standard InChI is InChI=1S/C12H9O.Fe.O/c1-2-5-11-9-8-10-6-3-4-7-12(10)13-11;;/h1-7H,8H2;;/q-1;;/b11-5+;;. The number of hydrogen-bond acceptors (Lipinski definition) is 2. The van der Waals surface area contributed by atoms with Crippen LogP contribution < -0.4 is 4.74 Å². The fourth-order valence-electron chi connectivity index (χ4n) is 1.44. The summed E-state index contributed by atoms with van der Waals surface area (Å²) in [6.07, 6.45) is 3.67. The van der Waals surface area contributed by atoms with E-state index in [1.54, 1.807) is 6.08 Å². The normalized spacial score (nSPS) is 17.1. The van der Waals surface area contributed by atoms with Crippen molar-refractivity contribution in [1.29, 1.82) is 0 Å². The van der Waals surface area contributed by atoms with Crippen molar-refractivity contribution >= 4 is 4.42 Å². The van der Waals surface area contributed by atoms with Gasteiger partial charge in [0.25, 0.3) is 0 Å². The zero-order chi connectivity index (χ0) is 10.7. The van der Waals surface area contributed by atoms with E-state index in [2.05, 4.69) is 0 Å². The molecule has 0 fully saturated rings. The maximum absolute atomic E-state index is 11.0. The summed E-state index contributed by atoms with van der Waals surface area (Å²) in [5.74, 6) is 1.40. The van der Waals surface area contributed by atoms with E-state index in [-0.39, 0.29) is 14.5 Å². The molecule has 0 atom stereocenters. The van der Waals surface area contributed by atoms with Crippen LogP contribution in [-0.2, 0) is 24.7 Å². The molecule has 0 bridgehead atoms. The maximum atomic E-state index is 11.0. The fourth-order valence-corrected chi connectivity index (χ4v) is 1.99.